The number of hydrogen-bond donors (Lipinski definition) is 2. The van der Waals surface area contributed by atoms with Gasteiger partial charge < -0.3 is 11.6 Å². The van der Waals surface area contributed by atoms with E-state index >= 15 is 0 Å². The number of allylic oxidation sites excluding steroid dienone is 1. The summed E-state index contributed by atoms with van der Waals surface area (Å²) in [6.07, 6.45) is 4.86. The molecule has 0 rings (SSSR count). The quantitative estimate of drug-likeness (QED) is 0.241. The molecule has 0 amide bonds. The Bertz CT molecular complexity index is 135. The first-order valence-electron chi connectivity index (χ1n) is 2.60. The lowest BCUT2D eigenvalue weighted by molar-refractivity contribution is 1.19. The van der Waals surface area contributed by atoms with Gasteiger partial charge in [-0.2, -0.15) is 5.10 Å². The summed E-state index contributed by atoms with van der Waals surface area (Å²) in [6, 6.07) is 0. The van der Waals surface area contributed by atoms with Crippen molar-refractivity contribution in [1.82, 2.24) is 0 Å². The Balaban J connectivity index is 3.90. The molecule has 0 spiro atoms. The first-order valence-corrected chi connectivity index (χ1v) is 2.60. The number of hydrazone groups is 1. The highest BCUT2D eigenvalue weighted by molar-refractivity contribution is 5.72. The third kappa shape index (κ3) is 3.49. The van der Waals surface area contributed by atoms with Crippen LogP contribution in [0.5, 0.6) is 0 Å². The second kappa shape index (κ2) is 5.05. The highest BCUT2D eigenvalue weighted by Crippen LogP contribution is 1.87. The molecule has 0 aliphatic rings. The van der Waals surface area contributed by atoms with Crippen LogP contribution in [-0.4, -0.2) is 12.8 Å². The second-order valence-corrected chi connectivity index (χ2v) is 1.45. The van der Waals surface area contributed by atoms with Crippen molar-refractivity contribution in [2.75, 3.05) is 6.54 Å². The average Bonchev–Trinajstić information content (AvgIpc) is 1.91. The molecule has 0 unspecified atom stereocenters. The van der Waals surface area contributed by atoms with Gasteiger partial charge in [0.05, 0.1) is 0 Å². The van der Waals surface area contributed by atoms with Crippen LogP contribution in [0.4, 0.5) is 0 Å². The van der Waals surface area contributed by atoms with Gasteiger partial charge in [0.25, 0.3) is 0 Å². The summed E-state index contributed by atoms with van der Waals surface area (Å²) < 4.78 is 0. The van der Waals surface area contributed by atoms with Crippen LogP contribution in [0.25, 0.3) is 0 Å². The molecule has 0 bridgehead atoms. The van der Waals surface area contributed by atoms with Crippen molar-refractivity contribution < 1.29 is 0 Å². The maximum atomic E-state index is 5.28. The molecule has 3 nitrogen and oxygen atoms in total. The van der Waals surface area contributed by atoms with Crippen LogP contribution < -0.4 is 11.6 Å². The molecule has 4 N–H and O–H groups in total. The Labute approximate surface area is 54.7 Å². The van der Waals surface area contributed by atoms with Gasteiger partial charge in [-0.1, -0.05) is 12.7 Å². The van der Waals surface area contributed by atoms with Crippen LogP contribution >= 0.6 is 0 Å². The third-order valence-corrected chi connectivity index (χ3v) is 0.873. The highest BCUT2D eigenvalue weighted by Gasteiger charge is 1.80. The van der Waals surface area contributed by atoms with E-state index in [0.29, 0.717) is 6.54 Å². The van der Waals surface area contributed by atoms with Gasteiger partial charge in [-0.25, -0.2) is 0 Å². The Morgan fingerprint density at radius 1 is 1.67 bits per heavy atom. The third-order valence-electron chi connectivity index (χ3n) is 0.873. The molecule has 0 aliphatic carbocycles. The molecule has 0 saturated carbocycles. The number of nitrogens with zero attached hydrogens (tertiary/aromatic N) is 1. The topological polar surface area (TPSA) is 64.4 Å². The van der Waals surface area contributed by atoms with Gasteiger partial charge >= 0.3 is 0 Å². The zero-order valence-corrected chi connectivity index (χ0v) is 5.25. The summed E-state index contributed by atoms with van der Waals surface area (Å²) in [7, 11) is 0. The van der Waals surface area contributed by atoms with Gasteiger partial charge in [-0.3, -0.25) is 0 Å². The Morgan fingerprint density at radius 2 is 2.33 bits per heavy atom. The number of nitrogens with two attached hydrogens (primary N) is 2. The van der Waals surface area contributed by atoms with E-state index in [1.807, 2.05) is 0 Å². The van der Waals surface area contributed by atoms with Crippen molar-refractivity contribution in [3.63, 3.8) is 0 Å². The zero-order valence-electron chi connectivity index (χ0n) is 5.25. The highest BCUT2D eigenvalue weighted by atomic mass is 15.1. The van der Waals surface area contributed by atoms with Crippen LogP contribution in [0, 0.1) is 0 Å². The molecule has 9 heavy (non-hydrogen) atoms. The van der Waals surface area contributed by atoms with Gasteiger partial charge in [-0.05, 0) is 11.6 Å². The molecule has 3 heteroatoms. The van der Waals surface area contributed by atoms with Crippen molar-refractivity contribution in [1.29, 1.82) is 0 Å². The lowest BCUT2D eigenvalue weighted by Gasteiger charge is -1.89. The van der Waals surface area contributed by atoms with Gasteiger partial charge in [0, 0.05) is 12.8 Å². The van der Waals surface area contributed by atoms with E-state index in [-0.39, 0.29) is 0 Å². The van der Waals surface area contributed by atoms with Crippen LogP contribution in [0.2, 0.25) is 0 Å². The second-order valence-electron chi connectivity index (χ2n) is 1.45. The van der Waals surface area contributed by atoms with Crippen LogP contribution in [0.15, 0.2) is 29.4 Å². The Morgan fingerprint density at radius 3 is 2.67 bits per heavy atom. The normalized spacial score (nSPS) is 12.3. The van der Waals surface area contributed by atoms with Crippen molar-refractivity contribution in [2.45, 2.75) is 0 Å². The average molecular weight is 125 g/mol. The Kier molecular flexibility index (Phi) is 4.44. The number of rotatable bonds is 3. The zero-order chi connectivity index (χ0) is 7.11. The van der Waals surface area contributed by atoms with Crippen molar-refractivity contribution >= 4 is 6.21 Å². The molecule has 50 valence electrons. The fourth-order valence-electron chi connectivity index (χ4n) is 0.358. The summed E-state index contributed by atoms with van der Waals surface area (Å²) in [5.41, 5.74) is 6.20. The molecule has 0 aliphatic heterocycles. The fraction of sp³-hybridized carbons (Fsp3) is 0.167. The van der Waals surface area contributed by atoms with Crippen molar-refractivity contribution in [2.24, 2.45) is 16.7 Å². The van der Waals surface area contributed by atoms with Gasteiger partial charge in [0.15, 0.2) is 0 Å². The molecule has 0 aromatic heterocycles. The summed E-state index contributed by atoms with van der Waals surface area (Å²) in [5.74, 6) is 4.84. The van der Waals surface area contributed by atoms with Crippen LogP contribution in [0.1, 0.15) is 0 Å². The van der Waals surface area contributed by atoms with E-state index < -0.39 is 0 Å². The predicted octanol–water partition coefficient (Wildman–Crippen LogP) is 0.00200. The monoisotopic (exact) mass is 125 g/mol. The SMILES string of the molecule is C=C/C(=C\C=N/N)CN. The number of hydrogen-bond acceptors (Lipinski definition) is 3. The summed E-state index contributed by atoms with van der Waals surface area (Å²) in [4.78, 5) is 0. The maximum Gasteiger partial charge on any atom is 0.0468 e. The first-order chi connectivity index (χ1) is 4.35. The largest absolute Gasteiger partial charge is 0.326 e. The fourth-order valence-corrected chi connectivity index (χ4v) is 0.358. The molecule has 0 atom stereocenters. The molecule has 0 radical (unpaired) electrons. The van der Waals surface area contributed by atoms with E-state index in [4.69, 9.17) is 11.6 Å². The molecule has 0 aromatic rings. The van der Waals surface area contributed by atoms with Gasteiger partial charge in [-0.15, -0.1) is 0 Å². The molecule has 0 aromatic carbocycles. The lowest BCUT2D eigenvalue weighted by Crippen LogP contribution is -2.00. The molecular weight excluding hydrogens is 114 g/mol. The summed E-state index contributed by atoms with van der Waals surface area (Å²) >= 11 is 0. The van der Waals surface area contributed by atoms with Crippen LogP contribution in [0.3, 0.4) is 0 Å². The van der Waals surface area contributed by atoms with Gasteiger partial charge in [0.2, 0.25) is 0 Å². The minimum Gasteiger partial charge on any atom is -0.326 e. The van der Waals surface area contributed by atoms with Crippen molar-refractivity contribution in [3.8, 4) is 0 Å². The minimum atomic E-state index is 0.468. The smallest absolute Gasteiger partial charge is 0.0468 e. The van der Waals surface area contributed by atoms with E-state index in [2.05, 4.69) is 11.7 Å². The van der Waals surface area contributed by atoms with E-state index in [1.165, 1.54) is 6.21 Å². The van der Waals surface area contributed by atoms with Crippen LogP contribution in [-0.2, 0) is 0 Å². The van der Waals surface area contributed by atoms with E-state index in [0.717, 1.165) is 5.57 Å². The Hall–Kier alpha value is -1.09. The van der Waals surface area contributed by atoms with E-state index in [9.17, 15) is 0 Å². The van der Waals surface area contributed by atoms with Gasteiger partial charge in [0.1, 0.15) is 0 Å². The molecule has 0 heterocycles. The minimum absolute atomic E-state index is 0.468. The van der Waals surface area contributed by atoms with E-state index in [1.54, 1.807) is 12.2 Å². The standard InChI is InChI=1S/C6H11N3/c1-2-6(5-7)3-4-9-8/h2-4H,1,5,7-8H2/b6-3+,9-4-. The predicted molar refractivity (Wildman–Crippen MR) is 40.0 cm³/mol. The maximum absolute atomic E-state index is 5.28. The lowest BCUT2D eigenvalue weighted by atomic mass is 10.2. The molecule has 0 saturated heterocycles. The first kappa shape index (κ1) is 7.91. The van der Waals surface area contributed by atoms with Crippen molar-refractivity contribution in [3.05, 3.63) is 24.3 Å². The molecule has 0 fully saturated rings. The summed E-state index contributed by atoms with van der Waals surface area (Å²) in [6.45, 7) is 4.00. The summed E-state index contributed by atoms with van der Waals surface area (Å²) in [5, 5.41) is 3.27. The molecular formula is C6H11N3.